The molecular weight excluding hydrogens is 269 g/mol. The lowest BCUT2D eigenvalue weighted by atomic mass is 9.99. The topological polar surface area (TPSA) is 12.4 Å². The highest BCUT2D eigenvalue weighted by atomic mass is 79.9. The second-order valence-electron chi connectivity index (χ2n) is 3.91. The van der Waals surface area contributed by atoms with E-state index in [0.29, 0.717) is 5.57 Å². The first-order valence-corrected chi connectivity index (χ1v) is 6.13. The van der Waals surface area contributed by atoms with Crippen molar-refractivity contribution in [2.24, 2.45) is 4.99 Å². The number of allylic oxidation sites excluding steroid dienone is 2. The fourth-order valence-electron chi connectivity index (χ4n) is 1.91. The number of hydrogen-bond donors (Lipinski definition) is 0. The van der Waals surface area contributed by atoms with Crippen molar-refractivity contribution < 1.29 is 4.39 Å². The molecule has 1 heterocycles. The quantitative estimate of drug-likeness (QED) is 0.706. The third-order valence-corrected chi connectivity index (χ3v) is 3.59. The van der Waals surface area contributed by atoms with Gasteiger partial charge in [0.15, 0.2) is 0 Å². The highest BCUT2D eigenvalue weighted by molar-refractivity contribution is 9.10. The summed E-state index contributed by atoms with van der Waals surface area (Å²) in [6.45, 7) is 3.85. The van der Waals surface area contributed by atoms with Crippen LogP contribution in [-0.2, 0) is 6.42 Å². The van der Waals surface area contributed by atoms with E-state index < -0.39 is 0 Å². The number of aliphatic imine (C=N–C) groups is 1. The fraction of sp³-hybridized carbons (Fsp3) is 0.308. The number of fused-ring (bicyclic) bond motifs is 1. The van der Waals surface area contributed by atoms with Crippen LogP contribution < -0.4 is 0 Å². The van der Waals surface area contributed by atoms with Gasteiger partial charge >= 0.3 is 0 Å². The van der Waals surface area contributed by atoms with Crippen LogP contribution in [0.3, 0.4) is 0 Å². The molecule has 0 saturated carbocycles. The van der Waals surface area contributed by atoms with Gasteiger partial charge < -0.3 is 0 Å². The van der Waals surface area contributed by atoms with Crippen molar-refractivity contribution in [1.29, 1.82) is 0 Å². The Labute approximate surface area is 103 Å². The summed E-state index contributed by atoms with van der Waals surface area (Å²) in [6.07, 6.45) is 1.65. The van der Waals surface area contributed by atoms with E-state index in [-0.39, 0.29) is 5.97 Å². The molecule has 2 rings (SSSR count). The summed E-state index contributed by atoms with van der Waals surface area (Å²) in [5, 5.41) is 0. The summed E-state index contributed by atoms with van der Waals surface area (Å²) in [6, 6.07) is 5.86. The first-order chi connectivity index (χ1) is 7.63. The molecule has 1 aromatic rings. The van der Waals surface area contributed by atoms with E-state index in [2.05, 4.69) is 27.8 Å². The van der Waals surface area contributed by atoms with Gasteiger partial charge in [-0.3, -0.25) is 0 Å². The zero-order valence-electron chi connectivity index (χ0n) is 9.35. The first kappa shape index (κ1) is 11.5. The third-order valence-electron chi connectivity index (χ3n) is 2.95. The Morgan fingerprint density at radius 3 is 2.88 bits per heavy atom. The van der Waals surface area contributed by atoms with Crippen LogP contribution in [0.4, 0.5) is 10.1 Å². The van der Waals surface area contributed by atoms with Gasteiger partial charge in [0.25, 0.3) is 0 Å². The molecule has 16 heavy (non-hydrogen) atoms. The summed E-state index contributed by atoms with van der Waals surface area (Å²) in [4.78, 5) is 4.06. The molecule has 1 nitrogen and oxygen atoms in total. The van der Waals surface area contributed by atoms with Crippen molar-refractivity contribution in [2.45, 2.75) is 26.7 Å². The minimum atomic E-state index is -0.359. The molecule has 0 aliphatic carbocycles. The SMILES string of the molecule is CCC1=C(C)C(F)=Nc2c(Br)cccc2C1. The van der Waals surface area contributed by atoms with Crippen LogP contribution >= 0.6 is 15.9 Å². The van der Waals surface area contributed by atoms with Crippen molar-refractivity contribution in [1.82, 2.24) is 0 Å². The molecule has 3 heteroatoms. The standard InChI is InChI=1S/C13H13BrFN/c1-3-9-7-10-5-4-6-11(14)12(10)16-13(15)8(9)2/h4-6H,3,7H2,1-2H3. The van der Waals surface area contributed by atoms with Crippen molar-refractivity contribution in [3.63, 3.8) is 0 Å². The van der Waals surface area contributed by atoms with E-state index in [1.54, 1.807) is 6.92 Å². The van der Waals surface area contributed by atoms with Gasteiger partial charge in [-0.1, -0.05) is 24.6 Å². The van der Waals surface area contributed by atoms with Crippen molar-refractivity contribution in [2.75, 3.05) is 0 Å². The second kappa shape index (κ2) is 4.50. The molecule has 1 aliphatic heterocycles. The minimum Gasteiger partial charge on any atom is -0.219 e. The number of benzene rings is 1. The molecule has 0 N–H and O–H groups in total. The lowest BCUT2D eigenvalue weighted by Crippen LogP contribution is -1.96. The van der Waals surface area contributed by atoms with Crippen LogP contribution in [-0.4, -0.2) is 5.97 Å². The summed E-state index contributed by atoms with van der Waals surface area (Å²) >= 11 is 3.41. The largest absolute Gasteiger partial charge is 0.219 e. The van der Waals surface area contributed by atoms with Gasteiger partial charge in [0.1, 0.15) is 0 Å². The smallest absolute Gasteiger partial charge is 0.216 e. The molecule has 0 bridgehead atoms. The van der Waals surface area contributed by atoms with Crippen LogP contribution in [0.25, 0.3) is 0 Å². The zero-order chi connectivity index (χ0) is 11.7. The third kappa shape index (κ3) is 1.96. The van der Waals surface area contributed by atoms with Crippen LogP contribution in [0.15, 0.2) is 38.8 Å². The molecule has 0 saturated heterocycles. The Hall–Kier alpha value is -0.960. The fourth-order valence-corrected chi connectivity index (χ4v) is 2.40. The predicted molar refractivity (Wildman–Crippen MR) is 69.0 cm³/mol. The van der Waals surface area contributed by atoms with Gasteiger partial charge in [-0.05, 0) is 47.3 Å². The molecule has 0 unspecified atom stereocenters. The predicted octanol–water partition coefficient (Wildman–Crippen LogP) is 4.73. The second-order valence-corrected chi connectivity index (χ2v) is 4.76. The highest BCUT2D eigenvalue weighted by Crippen LogP contribution is 2.35. The average molecular weight is 282 g/mol. The zero-order valence-corrected chi connectivity index (χ0v) is 10.9. The maximum Gasteiger partial charge on any atom is 0.216 e. The average Bonchev–Trinajstić information content (AvgIpc) is 2.39. The van der Waals surface area contributed by atoms with E-state index >= 15 is 0 Å². The molecule has 84 valence electrons. The van der Waals surface area contributed by atoms with Crippen LogP contribution in [0, 0.1) is 0 Å². The number of halogens is 2. The van der Waals surface area contributed by atoms with Gasteiger partial charge in [0, 0.05) is 10.0 Å². The molecular formula is C13H13BrFN. The van der Waals surface area contributed by atoms with Crippen LogP contribution in [0.5, 0.6) is 0 Å². The van der Waals surface area contributed by atoms with Gasteiger partial charge in [-0.2, -0.15) is 4.39 Å². The van der Waals surface area contributed by atoms with Gasteiger partial charge in [-0.15, -0.1) is 0 Å². The maximum atomic E-state index is 13.8. The molecule has 0 aromatic heterocycles. The Bertz CT molecular complexity index is 489. The van der Waals surface area contributed by atoms with Gasteiger partial charge in [-0.25, -0.2) is 4.99 Å². The summed E-state index contributed by atoms with van der Waals surface area (Å²) in [5.74, 6) is -0.359. The number of rotatable bonds is 1. The van der Waals surface area contributed by atoms with Crippen molar-refractivity contribution >= 4 is 27.6 Å². The molecule has 0 spiro atoms. The minimum absolute atomic E-state index is 0.359. The molecule has 1 aromatic carbocycles. The Morgan fingerprint density at radius 2 is 2.19 bits per heavy atom. The number of nitrogens with zero attached hydrogens (tertiary/aromatic N) is 1. The van der Waals surface area contributed by atoms with Crippen molar-refractivity contribution in [3.8, 4) is 0 Å². The van der Waals surface area contributed by atoms with E-state index in [1.165, 1.54) is 0 Å². The van der Waals surface area contributed by atoms with E-state index in [0.717, 1.165) is 34.1 Å². The summed E-state index contributed by atoms with van der Waals surface area (Å²) in [5.41, 5.74) is 3.62. The maximum absolute atomic E-state index is 13.8. The molecule has 0 atom stereocenters. The lowest BCUT2D eigenvalue weighted by Gasteiger charge is -2.07. The molecule has 0 fully saturated rings. The molecule has 1 aliphatic rings. The molecule has 0 amide bonds. The van der Waals surface area contributed by atoms with E-state index in [4.69, 9.17) is 0 Å². The van der Waals surface area contributed by atoms with Gasteiger partial charge in [0.2, 0.25) is 5.97 Å². The highest BCUT2D eigenvalue weighted by Gasteiger charge is 2.16. The first-order valence-electron chi connectivity index (χ1n) is 5.34. The summed E-state index contributed by atoms with van der Waals surface area (Å²) in [7, 11) is 0. The van der Waals surface area contributed by atoms with Crippen molar-refractivity contribution in [3.05, 3.63) is 39.4 Å². The monoisotopic (exact) mass is 281 g/mol. The number of hydrogen-bond acceptors (Lipinski definition) is 1. The molecule has 0 radical (unpaired) electrons. The normalized spacial score (nSPS) is 15.6. The van der Waals surface area contributed by atoms with Crippen LogP contribution in [0.2, 0.25) is 0 Å². The van der Waals surface area contributed by atoms with E-state index in [1.807, 2.05) is 18.2 Å². The lowest BCUT2D eigenvalue weighted by molar-refractivity contribution is 0.799. The number of para-hydroxylation sites is 1. The summed E-state index contributed by atoms with van der Waals surface area (Å²) < 4.78 is 14.7. The van der Waals surface area contributed by atoms with Gasteiger partial charge in [0.05, 0.1) is 5.69 Å². The Balaban J connectivity index is 2.61. The van der Waals surface area contributed by atoms with Crippen LogP contribution in [0.1, 0.15) is 25.8 Å². The van der Waals surface area contributed by atoms with E-state index in [9.17, 15) is 4.39 Å². The Morgan fingerprint density at radius 1 is 1.44 bits per heavy atom. The Kier molecular flexibility index (Phi) is 3.24.